The summed E-state index contributed by atoms with van der Waals surface area (Å²) in [7, 11) is -4.03. The lowest BCUT2D eigenvalue weighted by Gasteiger charge is -2.34. The number of ether oxygens (including phenoxy) is 2. The SMILES string of the molecule is Cc1ccc2c(c1)CCCN2CCCCCOc1ccc(S(=O)(=O)C2(C(=O)NO)CCOCC2)cc1.Cl. The fourth-order valence-corrected chi connectivity index (χ4v) is 7.11. The van der Waals surface area contributed by atoms with Gasteiger partial charge in [0.05, 0.1) is 11.5 Å². The Kier molecular flexibility index (Phi) is 10.2. The average molecular weight is 553 g/mol. The zero-order valence-corrected chi connectivity index (χ0v) is 22.9. The summed E-state index contributed by atoms with van der Waals surface area (Å²) >= 11 is 0. The molecule has 10 heteroatoms. The Labute approximate surface area is 225 Å². The van der Waals surface area contributed by atoms with Gasteiger partial charge in [-0.15, -0.1) is 12.4 Å². The second-order valence-corrected chi connectivity index (χ2v) is 11.9. The van der Waals surface area contributed by atoms with Crippen LogP contribution in [0.1, 0.15) is 49.7 Å². The van der Waals surface area contributed by atoms with Gasteiger partial charge in [-0.25, -0.2) is 13.9 Å². The first kappa shape index (κ1) is 29.2. The summed E-state index contributed by atoms with van der Waals surface area (Å²) in [4.78, 5) is 14.9. The van der Waals surface area contributed by atoms with Crippen LogP contribution in [0.3, 0.4) is 0 Å². The number of nitrogens with zero attached hydrogens (tertiary/aromatic N) is 1. The lowest BCUT2D eigenvalue weighted by Crippen LogP contribution is -2.54. The van der Waals surface area contributed by atoms with E-state index in [-0.39, 0.29) is 43.4 Å². The van der Waals surface area contributed by atoms with Crippen LogP contribution in [-0.4, -0.2) is 57.2 Å². The summed E-state index contributed by atoms with van der Waals surface area (Å²) in [5, 5.41) is 9.17. The normalized spacial score (nSPS) is 16.9. The molecule has 0 radical (unpaired) electrons. The van der Waals surface area contributed by atoms with E-state index in [4.69, 9.17) is 14.7 Å². The van der Waals surface area contributed by atoms with E-state index in [1.807, 2.05) is 0 Å². The maximum absolute atomic E-state index is 13.3. The van der Waals surface area contributed by atoms with Crippen molar-refractivity contribution in [2.24, 2.45) is 0 Å². The van der Waals surface area contributed by atoms with E-state index in [9.17, 15) is 13.2 Å². The highest BCUT2D eigenvalue weighted by molar-refractivity contribution is 7.93. The van der Waals surface area contributed by atoms with Crippen LogP contribution in [0.2, 0.25) is 0 Å². The van der Waals surface area contributed by atoms with E-state index in [0.29, 0.717) is 12.4 Å². The zero-order chi connectivity index (χ0) is 25.6. The molecule has 0 saturated carbocycles. The highest BCUT2D eigenvalue weighted by Crippen LogP contribution is 2.36. The molecule has 0 spiro atoms. The van der Waals surface area contributed by atoms with Gasteiger partial charge in [-0.05, 0) is 87.8 Å². The van der Waals surface area contributed by atoms with Gasteiger partial charge in [0.1, 0.15) is 5.75 Å². The van der Waals surface area contributed by atoms with Gasteiger partial charge in [-0.3, -0.25) is 10.0 Å². The molecule has 2 N–H and O–H groups in total. The minimum atomic E-state index is -4.03. The quantitative estimate of drug-likeness (QED) is 0.258. The molecule has 0 aliphatic carbocycles. The first-order valence-electron chi connectivity index (χ1n) is 12.7. The Morgan fingerprint density at radius 3 is 2.54 bits per heavy atom. The summed E-state index contributed by atoms with van der Waals surface area (Å²) in [6.45, 7) is 5.11. The predicted octanol–water partition coefficient (Wildman–Crippen LogP) is 4.25. The smallest absolute Gasteiger partial charge is 0.265 e. The molecule has 0 atom stereocenters. The zero-order valence-electron chi connectivity index (χ0n) is 21.3. The van der Waals surface area contributed by atoms with Crippen LogP contribution in [0.4, 0.5) is 5.69 Å². The minimum Gasteiger partial charge on any atom is -0.494 e. The number of carbonyl (C=O) groups is 1. The highest BCUT2D eigenvalue weighted by Gasteiger charge is 2.52. The molecule has 0 bridgehead atoms. The number of benzene rings is 2. The monoisotopic (exact) mass is 552 g/mol. The fraction of sp³-hybridized carbons (Fsp3) is 0.519. The second kappa shape index (κ2) is 13.0. The lowest BCUT2D eigenvalue weighted by molar-refractivity contribution is -0.134. The first-order valence-corrected chi connectivity index (χ1v) is 14.2. The number of unbranched alkanes of at least 4 members (excludes halogenated alkanes) is 2. The molecule has 1 saturated heterocycles. The summed E-state index contributed by atoms with van der Waals surface area (Å²) < 4.78 is 35.9. The van der Waals surface area contributed by atoms with Crippen molar-refractivity contribution >= 4 is 33.8 Å². The van der Waals surface area contributed by atoms with Crippen molar-refractivity contribution in [3.8, 4) is 5.75 Å². The molecule has 37 heavy (non-hydrogen) atoms. The fourth-order valence-electron chi connectivity index (χ4n) is 5.17. The molecule has 2 aliphatic heterocycles. The van der Waals surface area contributed by atoms with Crippen LogP contribution < -0.4 is 15.1 Å². The molecule has 1 fully saturated rings. The molecule has 2 aromatic rings. The van der Waals surface area contributed by atoms with Gasteiger partial charge in [-0.2, -0.15) is 0 Å². The van der Waals surface area contributed by atoms with Crippen molar-refractivity contribution in [1.82, 2.24) is 5.48 Å². The van der Waals surface area contributed by atoms with Crippen LogP contribution in [0.15, 0.2) is 47.4 Å². The Bertz CT molecular complexity index is 1150. The second-order valence-electron chi connectivity index (χ2n) is 9.65. The number of sulfone groups is 1. The number of hydrogen-bond donors (Lipinski definition) is 2. The molecule has 0 aromatic heterocycles. The molecule has 2 aromatic carbocycles. The van der Waals surface area contributed by atoms with Gasteiger partial charge in [0, 0.05) is 32.0 Å². The Balaban J connectivity index is 0.00000380. The summed E-state index contributed by atoms with van der Waals surface area (Å²) in [6, 6.07) is 12.9. The maximum atomic E-state index is 13.3. The number of hydrogen-bond acceptors (Lipinski definition) is 7. The van der Waals surface area contributed by atoms with Crippen LogP contribution in [0.5, 0.6) is 5.75 Å². The van der Waals surface area contributed by atoms with Gasteiger partial charge >= 0.3 is 0 Å². The highest BCUT2D eigenvalue weighted by atomic mass is 35.5. The summed E-state index contributed by atoms with van der Waals surface area (Å²) in [5.74, 6) is -0.337. The predicted molar refractivity (Wildman–Crippen MR) is 145 cm³/mol. The lowest BCUT2D eigenvalue weighted by atomic mass is 9.98. The Hall–Kier alpha value is -2.33. The van der Waals surface area contributed by atoms with E-state index in [2.05, 4.69) is 30.0 Å². The van der Waals surface area contributed by atoms with Crippen molar-refractivity contribution in [3.63, 3.8) is 0 Å². The van der Waals surface area contributed by atoms with Gasteiger partial charge in [0.2, 0.25) is 0 Å². The maximum Gasteiger partial charge on any atom is 0.265 e. The number of aryl methyl sites for hydroxylation is 2. The number of anilines is 1. The Morgan fingerprint density at radius 2 is 1.84 bits per heavy atom. The molecule has 1 amide bonds. The van der Waals surface area contributed by atoms with Crippen molar-refractivity contribution < 1.29 is 27.9 Å². The molecule has 4 rings (SSSR count). The van der Waals surface area contributed by atoms with Gasteiger partial charge in [0.15, 0.2) is 14.6 Å². The van der Waals surface area contributed by atoms with E-state index in [1.54, 1.807) is 12.1 Å². The molecular weight excluding hydrogens is 516 g/mol. The number of hydroxylamine groups is 1. The average Bonchev–Trinajstić information content (AvgIpc) is 2.90. The first-order chi connectivity index (χ1) is 17.4. The topological polar surface area (TPSA) is 105 Å². The number of halogens is 1. The molecule has 2 heterocycles. The third kappa shape index (κ3) is 6.39. The Morgan fingerprint density at radius 1 is 1.11 bits per heavy atom. The standard InChI is InChI=1S/C27H36N2O6S.ClH/c1-21-7-12-25-22(20-21)6-5-16-29(25)15-3-2-4-17-35-23-8-10-24(11-9-23)36(32,33)27(26(30)28-31)13-18-34-19-14-27;/h7-12,20,31H,2-6,13-19H2,1H3,(H,28,30);1H. The third-order valence-corrected chi connectivity index (χ3v) is 9.77. The molecule has 0 unspecified atom stereocenters. The molecule has 2 aliphatic rings. The van der Waals surface area contributed by atoms with Gasteiger partial charge < -0.3 is 14.4 Å². The molecule has 204 valence electrons. The number of fused-ring (bicyclic) bond motifs is 1. The van der Waals surface area contributed by atoms with Gasteiger partial charge in [0.25, 0.3) is 5.91 Å². The number of amides is 1. The van der Waals surface area contributed by atoms with Crippen LogP contribution in [0, 0.1) is 6.92 Å². The number of nitrogens with one attached hydrogen (secondary N) is 1. The van der Waals surface area contributed by atoms with Crippen LogP contribution >= 0.6 is 12.4 Å². The van der Waals surface area contributed by atoms with E-state index < -0.39 is 20.5 Å². The van der Waals surface area contributed by atoms with E-state index in [1.165, 1.54) is 40.8 Å². The van der Waals surface area contributed by atoms with Crippen molar-refractivity contribution in [2.45, 2.75) is 61.5 Å². The largest absolute Gasteiger partial charge is 0.494 e. The van der Waals surface area contributed by atoms with Crippen molar-refractivity contribution in [2.75, 3.05) is 37.8 Å². The summed E-state index contributed by atoms with van der Waals surface area (Å²) in [6.07, 6.45) is 5.38. The molecule has 8 nitrogen and oxygen atoms in total. The third-order valence-electron chi connectivity index (χ3n) is 7.26. The van der Waals surface area contributed by atoms with Crippen molar-refractivity contribution in [3.05, 3.63) is 53.6 Å². The van der Waals surface area contributed by atoms with Gasteiger partial charge in [-0.1, -0.05) is 17.7 Å². The summed E-state index contributed by atoms with van der Waals surface area (Å²) in [5.41, 5.74) is 5.68. The van der Waals surface area contributed by atoms with Crippen molar-refractivity contribution in [1.29, 1.82) is 0 Å². The molecular formula is C27H37ClN2O6S. The van der Waals surface area contributed by atoms with Crippen LogP contribution in [-0.2, 0) is 25.8 Å². The minimum absolute atomic E-state index is 0. The number of carbonyl (C=O) groups excluding carboxylic acids is 1. The number of rotatable bonds is 10. The van der Waals surface area contributed by atoms with Crippen LogP contribution in [0.25, 0.3) is 0 Å². The van der Waals surface area contributed by atoms with E-state index in [0.717, 1.165) is 38.8 Å². The van der Waals surface area contributed by atoms with E-state index >= 15 is 0 Å².